The second-order valence-corrected chi connectivity index (χ2v) is 7.63. The van der Waals surface area contributed by atoms with E-state index in [4.69, 9.17) is 23.2 Å². The van der Waals surface area contributed by atoms with Gasteiger partial charge in [-0.15, -0.1) is 10.2 Å². The molecule has 0 radical (unpaired) electrons. The molecule has 1 amide bonds. The molecule has 130 valence electrons. The summed E-state index contributed by atoms with van der Waals surface area (Å²) in [6.07, 6.45) is 0. The van der Waals surface area contributed by atoms with Crippen LogP contribution in [0.25, 0.3) is 0 Å². The van der Waals surface area contributed by atoms with E-state index < -0.39 is 0 Å². The Morgan fingerprint density at radius 1 is 1.25 bits per heavy atom. The number of nitrogens with zero attached hydrogens (tertiary/aromatic N) is 3. The second kappa shape index (κ2) is 8.23. The molecule has 0 aliphatic heterocycles. The van der Waals surface area contributed by atoms with Crippen LogP contribution < -0.4 is 5.32 Å². The normalized spacial score (nSPS) is 11.3. The maximum atomic E-state index is 12.2. The second-order valence-electron chi connectivity index (χ2n) is 5.90. The zero-order valence-corrected chi connectivity index (χ0v) is 16.3. The van der Waals surface area contributed by atoms with Gasteiger partial charge < -0.3 is 9.88 Å². The fourth-order valence-corrected chi connectivity index (χ4v) is 3.40. The van der Waals surface area contributed by atoms with Crippen LogP contribution in [0, 0.1) is 0 Å². The van der Waals surface area contributed by atoms with E-state index in [2.05, 4.69) is 47.8 Å². The molecule has 0 fully saturated rings. The minimum Gasteiger partial charge on any atom is -0.324 e. The SMILES string of the molecule is CC(C)c1nnc(SCC(=O)Nc2cccc(Cl)c2Cl)n1C(C)C. The number of rotatable bonds is 6. The Bertz CT molecular complexity index is 731. The molecule has 24 heavy (non-hydrogen) atoms. The summed E-state index contributed by atoms with van der Waals surface area (Å²) < 4.78 is 2.06. The Morgan fingerprint density at radius 3 is 2.58 bits per heavy atom. The number of halogens is 2. The molecular weight excluding hydrogens is 367 g/mol. The quantitative estimate of drug-likeness (QED) is 0.707. The van der Waals surface area contributed by atoms with Crippen LogP contribution in [0.5, 0.6) is 0 Å². The third-order valence-corrected chi connectivity index (χ3v) is 5.04. The molecule has 5 nitrogen and oxygen atoms in total. The summed E-state index contributed by atoms with van der Waals surface area (Å²) in [6, 6.07) is 5.35. The molecule has 0 aliphatic carbocycles. The highest BCUT2D eigenvalue weighted by Crippen LogP contribution is 2.30. The van der Waals surface area contributed by atoms with Gasteiger partial charge in [0.25, 0.3) is 0 Å². The van der Waals surface area contributed by atoms with Crippen LogP contribution in [0.2, 0.25) is 10.0 Å². The number of carbonyl (C=O) groups is 1. The summed E-state index contributed by atoms with van der Waals surface area (Å²) in [5, 5.41) is 12.7. The number of anilines is 1. The summed E-state index contributed by atoms with van der Waals surface area (Å²) in [7, 11) is 0. The van der Waals surface area contributed by atoms with Gasteiger partial charge in [-0.1, -0.05) is 54.9 Å². The lowest BCUT2D eigenvalue weighted by molar-refractivity contribution is -0.113. The summed E-state index contributed by atoms with van der Waals surface area (Å²) in [5.41, 5.74) is 0.503. The van der Waals surface area contributed by atoms with Crippen LogP contribution in [0.15, 0.2) is 23.4 Å². The van der Waals surface area contributed by atoms with Crippen molar-refractivity contribution in [2.75, 3.05) is 11.1 Å². The van der Waals surface area contributed by atoms with Crippen molar-refractivity contribution in [2.45, 2.75) is 44.8 Å². The Balaban J connectivity index is 2.06. The van der Waals surface area contributed by atoms with Crippen LogP contribution >= 0.6 is 35.0 Å². The molecule has 0 aliphatic rings. The number of amides is 1. The molecule has 0 unspecified atom stereocenters. The molecule has 1 heterocycles. The number of thioether (sulfide) groups is 1. The van der Waals surface area contributed by atoms with Gasteiger partial charge >= 0.3 is 0 Å². The molecule has 0 saturated carbocycles. The van der Waals surface area contributed by atoms with Crippen molar-refractivity contribution in [3.05, 3.63) is 34.1 Å². The first kappa shape index (κ1) is 19.1. The average molecular weight is 387 g/mol. The van der Waals surface area contributed by atoms with E-state index in [-0.39, 0.29) is 23.6 Å². The smallest absolute Gasteiger partial charge is 0.234 e. The minimum atomic E-state index is -0.173. The standard InChI is InChI=1S/C16H20Cl2N4OS/c1-9(2)15-20-21-16(22(15)10(3)4)24-8-13(23)19-12-7-5-6-11(17)14(12)18/h5-7,9-10H,8H2,1-4H3,(H,19,23). The Kier molecular flexibility index (Phi) is 6.54. The molecule has 0 atom stereocenters. The number of aromatic nitrogens is 3. The van der Waals surface area contributed by atoms with Crippen molar-refractivity contribution in [2.24, 2.45) is 0 Å². The highest BCUT2D eigenvalue weighted by molar-refractivity contribution is 7.99. The summed E-state index contributed by atoms with van der Waals surface area (Å²) >= 11 is 13.4. The van der Waals surface area contributed by atoms with Gasteiger partial charge in [0.2, 0.25) is 5.91 Å². The summed E-state index contributed by atoms with van der Waals surface area (Å²) in [6.45, 7) is 8.30. The third kappa shape index (κ3) is 4.43. The molecule has 0 spiro atoms. The Hall–Kier alpha value is -1.24. The Morgan fingerprint density at radius 2 is 1.96 bits per heavy atom. The first-order chi connectivity index (χ1) is 11.3. The van der Waals surface area contributed by atoms with Crippen LogP contribution in [0.4, 0.5) is 5.69 Å². The van der Waals surface area contributed by atoms with Gasteiger partial charge in [-0.05, 0) is 26.0 Å². The fraction of sp³-hybridized carbons (Fsp3) is 0.438. The average Bonchev–Trinajstić information content (AvgIpc) is 2.94. The molecule has 1 N–H and O–H groups in total. The minimum absolute atomic E-state index is 0.173. The molecule has 0 saturated heterocycles. The summed E-state index contributed by atoms with van der Waals surface area (Å²) in [5.74, 6) is 1.24. The van der Waals surface area contributed by atoms with Gasteiger partial charge in [-0.25, -0.2) is 0 Å². The lowest BCUT2D eigenvalue weighted by atomic mass is 10.2. The van der Waals surface area contributed by atoms with E-state index in [9.17, 15) is 4.79 Å². The Labute approximate surface area is 156 Å². The predicted octanol–water partition coefficient (Wildman–Crippen LogP) is 5.02. The zero-order valence-electron chi connectivity index (χ0n) is 14.0. The van der Waals surface area contributed by atoms with Crippen molar-refractivity contribution in [3.8, 4) is 0 Å². The molecule has 2 aromatic rings. The fourth-order valence-electron chi connectivity index (χ4n) is 2.18. The van der Waals surface area contributed by atoms with Crippen molar-refractivity contribution < 1.29 is 4.79 Å². The maximum Gasteiger partial charge on any atom is 0.234 e. The van der Waals surface area contributed by atoms with Gasteiger partial charge in [0.1, 0.15) is 5.82 Å². The lowest BCUT2D eigenvalue weighted by Gasteiger charge is -2.15. The molecule has 8 heteroatoms. The van der Waals surface area contributed by atoms with Crippen molar-refractivity contribution in [3.63, 3.8) is 0 Å². The molecule has 1 aromatic heterocycles. The van der Waals surface area contributed by atoms with Gasteiger partial charge in [0.15, 0.2) is 5.16 Å². The number of benzene rings is 1. The van der Waals surface area contributed by atoms with Gasteiger partial charge in [0, 0.05) is 12.0 Å². The van der Waals surface area contributed by atoms with Crippen molar-refractivity contribution in [1.29, 1.82) is 0 Å². The maximum absolute atomic E-state index is 12.2. The highest BCUT2D eigenvalue weighted by Gasteiger charge is 2.18. The van der Waals surface area contributed by atoms with Gasteiger partial charge in [-0.2, -0.15) is 0 Å². The molecule has 2 rings (SSSR count). The lowest BCUT2D eigenvalue weighted by Crippen LogP contribution is -2.15. The van der Waals surface area contributed by atoms with Crippen LogP contribution in [0.3, 0.4) is 0 Å². The van der Waals surface area contributed by atoms with E-state index in [1.165, 1.54) is 11.8 Å². The van der Waals surface area contributed by atoms with E-state index in [1.54, 1.807) is 18.2 Å². The zero-order chi connectivity index (χ0) is 17.9. The van der Waals surface area contributed by atoms with E-state index in [0.29, 0.717) is 15.7 Å². The number of carbonyl (C=O) groups excluding carboxylic acids is 1. The summed E-state index contributed by atoms with van der Waals surface area (Å²) in [4.78, 5) is 12.2. The molecular formula is C16H20Cl2N4OS. The van der Waals surface area contributed by atoms with Crippen molar-refractivity contribution >= 4 is 46.6 Å². The van der Waals surface area contributed by atoms with Crippen LogP contribution in [0.1, 0.15) is 45.5 Å². The van der Waals surface area contributed by atoms with Gasteiger partial charge in [0.05, 0.1) is 21.5 Å². The van der Waals surface area contributed by atoms with Crippen LogP contribution in [-0.4, -0.2) is 26.4 Å². The predicted molar refractivity (Wildman–Crippen MR) is 100 cm³/mol. The van der Waals surface area contributed by atoms with E-state index >= 15 is 0 Å². The number of hydrogen-bond donors (Lipinski definition) is 1. The van der Waals surface area contributed by atoms with Crippen molar-refractivity contribution in [1.82, 2.24) is 14.8 Å². The third-order valence-electron chi connectivity index (χ3n) is 3.28. The number of hydrogen-bond acceptors (Lipinski definition) is 4. The van der Waals surface area contributed by atoms with Gasteiger partial charge in [-0.3, -0.25) is 4.79 Å². The van der Waals surface area contributed by atoms with E-state index in [1.807, 2.05) is 0 Å². The monoisotopic (exact) mass is 386 g/mol. The highest BCUT2D eigenvalue weighted by atomic mass is 35.5. The number of nitrogens with one attached hydrogen (secondary N) is 1. The molecule has 1 aromatic carbocycles. The first-order valence-corrected chi connectivity index (χ1v) is 9.36. The van der Waals surface area contributed by atoms with Crippen LogP contribution in [-0.2, 0) is 4.79 Å². The topological polar surface area (TPSA) is 59.8 Å². The first-order valence-electron chi connectivity index (χ1n) is 7.62. The van der Waals surface area contributed by atoms with E-state index in [0.717, 1.165) is 11.0 Å². The molecule has 0 bridgehead atoms. The largest absolute Gasteiger partial charge is 0.324 e.